The van der Waals surface area contributed by atoms with Crippen molar-refractivity contribution in [2.75, 3.05) is 5.73 Å². The van der Waals surface area contributed by atoms with Crippen molar-refractivity contribution in [2.24, 2.45) is 0 Å². The highest BCUT2D eigenvalue weighted by molar-refractivity contribution is 6.14. The van der Waals surface area contributed by atoms with Gasteiger partial charge in [0.1, 0.15) is 0 Å². The van der Waals surface area contributed by atoms with Crippen molar-refractivity contribution in [1.29, 1.82) is 0 Å². The zero-order valence-corrected chi connectivity index (χ0v) is 9.29. The maximum absolute atomic E-state index is 12.3. The molecule has 2 aromatic carbocycles. The van der Waals surface area contributed by atoms with Gasteiger partial charge in [-0.2, -0.15) is 9.50 Å². The molecule has 4 rings (SSSR count). The largest absolute Gasteiger partial charge is 0.366 e. The molecular formula is C13H8N4O. The third-order valence-electron chi connectivity index (χ3n) is 3.19. The molecule has 0 aliphatic carbocycles. The van der Waals surface area contributed by atoms with Crippen LogP contribution in [0.25, 0.3) is 27.2 Å². The summed E-state index contributed by atoms with van der Waals surface area (Å²) in [6, 6.07) is 11.5. The van der Waals surface area contributed by atoms with E-state index in [1.54, 1.807) is 6.07 Å². The first kappa shape index (κ1) is 9.35. The van der Waals surface area contributed by atoms with Crippen molar-refractivity contribution >= 4 is 33.1 Å². The molecule has 2 heterocycles. The van der Waals surface area contributed by atoms with E-state index in [2.05, 4.69) is 10.1 Å². The highest BCUT2D eigenvalue weighted by Crippen LogP contribution is 2.26. The van der Waals surface area contributed by atoms with Gasteiger partial charge in [0.2, 0.25) is 5.95 Å². The van der Waals surface area contributed by atoms with Crippen LogP contribution in [0.2, 0.25) is 0 Å². The molecule has 0 bridgehead atoms. The first-order chi connectivity index (χ1) is 8.75. The number of hydrogen-bond acceptors (Lipinski definition) is 4. The van der Waals surface area contributed by atoms with Crippen LogP contribution in [-0.2, 0) is 0 Å². The number of pyridine rings is 1. The molecule has 4 aromatic rings. The summed E-state index contributed by atoms with van der Waals surface area (Å²) >= 11 is 0. The van der Waals surface area contributed by atoms with E-state index >= 15 is 0 Å². The Balaban J connectivity index is 2.51. The Morgan fingerprint density at radius 3 is 2.56 bits per heavy atom. The lowest BCUT2D eigenvalue weighted by Gasteiger charge is -2.04. The van der Waals surface area contributed by atoms with E-state index in [0.29, 0.717) is 11.0 Å². The minimum Gasteiger partial charge on any atom is -0.366 e. The van der Waals surface area contributed by atoms with Crippen molar-refractivity contribution in [3.05, 3.63) is 46.8 Å². The van der Waals surface area contributed by atoms with Gasteiger partial charge in [-0.25, -0.2) is 0 Å². The van der Waals surface area contributed by atoms with Gasteiger partial charge in [-0.05, 0) is 11.5 Å². The van der Waals surface area contributed by atoms with Crippen LogP contribution in [-0.4, -0.2) is 14.6 Å². The van der Waals surface area contributed by atoms with Crippen molar-refractivity contribution in [1.82, 2.24) is 14.6 Å². The van der Waals surface area contributed by atoms with Gasteiger partial charge >= 0.3 is 0 Å². The Hall–Kier alpha value is -2.69. The zero-order chi connectivity index (χ0) is 12.3. The summed E-state index contributed by atoms with van der Waals surface area (Å²) in [6.07, 6.45) is 0. The minimum absolute atomic E-state index is 0.114. The second-order valence-electron chi connectivity index (χ2n) is 4.22. The van der Waals surface area contributed by atoms with Crippen molar-refractivity contribution in [3.63, 3.8) is 0 Å². The van der Waals surface area contributed by atoms with Crippen molar-refractivity contribution < 1.29 is 0 Å². The monoisotopic (exact) mass is 236 g/mol. The molecule has 2 aromatic heterocycles. The van der Waals surface area contributed by atoms with Crippen LogP contribution in [0.3, 0.4) is 0 Å². The number of aromatic nitrogens is 3. The number of hydrogen-bond donors (Lipinski definition) is 1. The third-order valence-corrected chi connectivity index (χ3v) is 3.19. The predicted molar refractivity (Wildman–Crippen MR) is 69.9 cm³/mol. The van der Waals surface area contributed by atoms with Crippen LogP contribution in [0.1, 0.15) is 0 Å². The molecule has 0 spiro atoms. The first-order valence-corrected chi connectivity index (χ1v) is 5.55. The van der Waals surface area contributed by atoms with E-state index in [0.717, 1.165) is 16.2 Å². The molecule has 5 nitrogen and oxygen atoms in total. The average molecular weight is 236 g/mol. The maximum atomic E-state index is 12.3. The summed E-state index contributed by atoms with van der Waals surface area (Å²) in [5.41, 5.74) is 5.92. The van der Waals surface area contributed by atoms with Gasteiger partial charge in [-0.15, -0.1) is 5.10 Å². The molecule has 0 aliphatic rings. The van der Waals surface area contributed by atoms with E-state index < -0.39 is 0 Å². The Kier molecular flexibility index (Phi) is 1.53. The molecule has 5 heteroatoms. The van der Waals surface area contributed by atoms with Crippen LogP contribution in [0.15, 0.2) is 41.2 Å². The lowest BCUT2D eigenvalue weighted by molar-refractivity contribution is 0.941. The Labute approximate surface area is 101 Å². The van der Waals surface area contributed by atoms with Gasteiger partial charge in [0.15, 0.2) is 5.65 Å². The smallest absolute Gasteiger partial charge is 0.280 e. The first-order valence-electron chi connectivity index (χ1n) is 5.55. The zero-order valence-electron chi connectivity index (χ0n) is 9.29. The number of nitrogen functional groups attached to an aromatic ring is 1. The van der Waals surface area contributed by atoms with E-state index in [4.69, 9.17) is 5.73 Å². The Bertz CT molecular complexity index is 952. The number of fused-ring (bicyclic) bond motifs is 2. The van der Waals surface area contributed by atoms with Crippen LogP contribution >= 0.6 is 0 Å². The summed E-state index contributed by atoms with van der Waals surface area (Å²) in [5.74, 6) is 0.114. The number of nitrogens with zero attached hydrogens (tertiary/aromatic N) is 3. The Morgan fingerprint density at radius 1 is 1.06 bits per heavy atom. The molecule has 2 N–H and O–H groups in total. The Morgan fingerprint density at radius 2 is 1.78 bits per heavy atom. The molecule has 0 radical (unpaired) electrons. The van der Waals surface area contributed by atoms with Gasteiger partial charge in [0, 0.05) is 10.8 Å². The SMILES string of the molecule is Nc1nc2c3cccc4cccc(c(=O)n2n1)c43. The third kappa shape index (κ3) is 0.982. The van der Waals surface area contributed by atoms with Crippen LogP contribution < -0.4 is 11.3 Å². The molecule has 18 heavy (non-hydrogen) atoms. The quantitative estimate of drug-likeness (QED) is 0.501. The molecule has 0 fully saturated rings. The van der Waals surface area contributed by atoms with Gasteiger partial charge in [-0.1, -0.05) is 30.3 Å². The van der Waals surface area contributed by atoms with E-state index in [1.165, 1.54) is 4.52 Å². The van der Waals surface area contributed by atoms with Crippen LogP contribution in [0.4, 0.5) is 5.95 Å². The van der Waals surface area contributed by atoms with Crippen LogP contribution in [0.5, 0.6) is 0 Å². The summed E-state index contributed by atoms with van der Waals surface area (Å²) in [4.78, 5) is 16.4. The second kappa shape index (κ2) is 2.95. The minimum atomic E-state index is -0.182. The molecule has 0 atom stereocenters. The molecule has 0 unspecified atom stereocenters. The standard InChI is InChI=1S/C13H8N4O/c14-13-15-11-8-5-1-3-7-4-2-6-9(10(7)8)12(18)17(11)16-13/h1-6H,(H2,14,16). The van der Waals surface area contributed by atoms with Crippen LogP contribution in [0, 0.1) is 0 Å². The number of nitrogens with two attached hydrogens (primary N) is 1. The summed E-state index contributed by atoms with van der Waals surface area (Å²) in [7, 11) is 0. The van der Waals surface area contributed by atoms with E-state index in [-0.39, 0.29) is 11.5 Å². The number of rotatable bonds is 0. The molecular weight excluding hydrogens is 228 g/mol. The summed E-state index contributed by atoms with van der Waals surface area (Å²) < 4.78 is 1.27. The molecule has 0 saturated carbocycles. The van der Waals surface area contributed by atoms with Gasteiger partial charge < -0.3 is 5.73 Å². The van der Waals surface area contributed by atoms with Gasteiger partial charge in [-0.3, -0.25) is 4.79 Å². The van der Waals surface area contributed by atoms with E-state index in [9.17, 15) is 4.79 Å². The summed E-state index contributed by atoms with van der Waals surface area (Å²) in [6.45, 7) is 0. The topological polar surface area (TPSA) is 73.3 Å². The fourth-order valence-electron chi connectivity index (χ4n) is 2.46. The van der Waals surface area contributed by atoms with Gasteiger partial charge in [0.25, 0.3) is 5.56 Å². The molecule has 86 valence electrons. The van der Waals surface area contributed by atoms with E-state index in [1.807, 2.05) is 30.3 Å². The lowest BCUT2D eigenvalue weighted by atomic mass is 10.0. The normalized spacial score (nSPS) is 11.8. The fourth-order valence-corrected chi connectivity index (χ4v) is 2.46. The fraction of sp³-hybridized carbons (Fsp3) is 0. The number of benzene rings is 2. The number of anilines is 1. The molecule has 0 amide bonds. The van der Waals surface area contributed by atoms with Crippen molar-refractivity contribution in [2.45, 2.75) is 0 Å². The highest BCUT2D eigenvalue weighted by atomic mass is 16.1. The second-order valence-corrected chi connectivity index (χ2v) is 4.22. The summed E-state index contributed by atoms with van der Waals surface area (Å²) in [5, 5.41) is 7.43. The average Bonchev–Trinajstić information content (AvgIpc) is 2.78. The van der Waals surface area contributed by atoms with Gasteiger partial charge in [0.05, 0.1) is 5.39 Å². The van der Waals surface area contributed by atoms with Crippen molar-refractivity contribution in [3.8, 4) is 0 Å². The highest BCUT2D eigenvalue weighted by Gasteiger charge is 2.13. The molecule has 0 aliphatic heterocycles. The predicted octanol–water partition coefficient (Wildman–Crippen LogP) is 1.42. The molecule has 0 saturated heterocycles. The lowest BCUT2D eigenvalue weighted by Crippen LogP contribution is -2.14. The maximum Gasteiger partial charge on any atom is 0.280 e.